The monoisotopic (exact) mass is 285 g/mol. The molecule has 1 aromatic carbocycles. The lowest BCUT2D eigenvalue weighted by Gasteiger charge is -2.14. The van der Waals surface area contributed by atoms with Crippen LogP contribution in [0, 0.1) is 0 Å². The van der Waals surface area contributed by atoms with E-state index in [0.717, 1.165) is 13.0 Å². The summed E-state index contributed by atoms with van der Waals surface area (Å²) in [5, 5.41) is 13.6. The molecule has 3 nitrogen and oxygen atoms in total. The molecule has 4 heteroatoms. The third-order valence-electron chi connectivity index (χ3n) is 2.85. The Bertz CT molecular complexity index is 347. The molecule has 0 amide bonds. The third-order valence-corrected chi connectivity index (χ3v) is 3.17. The highest BCUT2D eigenvalue weighted by molar-refractivity contribution is 6.32. The summed E-state index contributed by atoms with van der Waals surface area (Å²) < 4.78 is 5.47. The molecule has 1 aromatic rings. The molecule has 0 spiro atoms. The maximum atomic E-state index is 9.77. The number of halogens is 1. The summed E-state index contributed by atoms with van der Waals surface area (Å²) in [5.41, 5.74) is 0. The number of unbranched alkanes of at least 4 members (excludes halogenated alkanes) is 3. The highest BCUT2D eigenvalue weighted by atomic mass is 35.5. The largest absolute Gasteiger partial charge is 0.489 e. The zero-order valence-corrected chi connectivity index (χ0v) is 12.3. The fourth-order valence-electron chi connectivity index (χ4n) is 1.75. The molecule has 1 atom stereocenters. The zero-order chi connectivity index (χ0) is 13.9. The molecule has 1 rings (SSSR count). The van der Waals surface area contributed by atoms with Crippen molar-refractivity contribution in [3.63, 3.8) is 0 Å². The lowest BCUT2D eigenvalue weighted by Crippen LogP contribution is -2.32. The molecule has 0 radical (unpaired) electrons. The fraction of sp³-hybridized carbons (Fsp3) is 0.600. The number of benzene rings is 1. The van der Waals surface area contributed by atoms with Gasteiger partial charge >= 0.3 is 0 Å². The SMILES string of the molecule is CCCCCCNCC(O)COc1ccccc1Cl. The fourth-order valence-corrected chi connectivity index (χ4v) is 1.94. The lowest BCUT2D eigenvalue weighted by molar-refractivity contribution is 0.106. The molecular weight excluding hydrogens is 262 g/mol. The van der Waals surface area contributed by atoms with E-state index in [2.05, 4.69) is 12.2 Å². The summed E-state index contributed by atoms with van der Waals surface area (Å²) in [5.74, 6) is 0.617. The Morgan fingerprint density at radius 2 is 2.05 bits per heavy atom. The second kappa shape index (κ2) is 10.1. The van der Waals surface area contributed by atoms with Gasteiger partial charge in [-0.1, -0.05) is 49.9 Å². The molecular formula is C15H24ClNO2. The van der Waals surface area contributed by atoms with E-state index in [-0.39, 0.29) is 6.61 Å². The first kappa shape index (κ1) is 16.3. The number of aliphatic hydroxyl groups is 1. The number of aliphatic hydroxyl groups excluding tert-OH is 1. The first-order valence-electron chi connectivity index (χ1n) is 7.00. The van der Waals surface area contributed by atoms with E-state index >= 15 is 0 Å². The Morgan fingerprint density at radius 3 is 2.79 bits per heavy atom. The molecule has 19 heavy (non-hydrogen) atoms. The number of hydrogen-bond acceptors (Lipinski definition) is 3. The molecule has 0 aliphatic rings. The van der Waals surface area contributed by atoms with Gasteiger partial charge in [-0.25, -0.2) is 0 Å². The van der Waals surface area contributed by atoms with Gasteiger partial charge in [-0.2, -0.15) is 0 Å². The number of nitrogens with one attached hydrogen (secondary N) is 1. The molecule has 0 saturated heterocycles. The van der Waals surface area contributed by atoms with E-state index in [1.807, 2.05) is 12.1 Å². The normalized spacial score (nSPS) is 12.4. The minimum atomic E-state index is -0.512. The average molecular weight is 286 g/mol. The summed E-state index contributed by atoms with van der Waals surface area (Å²) in [4.78, 5) is 0. The van der Waals surface area contributed by atoms with Crippen LogP contribution in [0.4, 0.5) is 0 Å². The Labute approximate surface area is 120 Å². The van der Waals surface area contributed by atoms with Crippen LogP contribution in [0.1, 0.15) is 32.6 Å². The van der Waals surface area contributed by atoms with Crippen LogP contribution in [-0.4, -0.2) is 30.9 Å². The van der Waals surface area contributed by atoms with Crippen LogP contribution in [0.5, 0.6) is 5.75 Å². The molecule has 0 aliphatic carbocycles. The minimum Gasteiger partial charge on any atom is -0.489 e. The Balaban J connectivity index is 2.08. The van der Waals surface area contributed by atoms with Gasteiger partial charge in [-0.3, -0.25) is 0 Å². The number of rotatable bonds is 10. The van der Waals surface area contributed by atoms with Crippen molar-refractivity contribution in [2.24, 2.45) is 0 Å². The van der Waals surface area contributed by atoms with Gasteiger partial charge < -0.3 is 15.2 Å². The summed E-state index contributed by atoms with van der Waals surface area (Å²) in [6.45, 7) is 3.95. The standard InChI is InChI=1S/C15H24ClNO2/c1-2-3-4-7-10-17-11-13(18)12-19-15-9-6-5-8-14(15)16/h5-6,8-9,13,17-18H,2-4,7,10-12H2,1H3. The molecule has 2 N–H and O–H groups in total. The topological polar surface area (TPSA) is 41.5 Å². The quantitative estimate of drug-likeness (QED) is 0.649. The van der Waals surface area contributed by atoms with Gasteiger partial charge in [0, 0.05) is 6.54 Å². The second-order valence-electron chi connectivity index (χ2n) is 4.66. The highest BCUT2D eigenvalue weighted by Crippen LogP contribution is 2.22. The van der Waals surface area contributed by atoms with Gasteiger partial charge in [0.05, 0.1) is 5.02 Å². The molecule has 1 unspecified atom stereocenters. The van der Waals surface area contributed by atoms with Gasteiger partial charge in [-0.15, -0.1) is 0 Å². The van der Waals surface area contributed by atoms with Gasteiger partial charge in [-0.05, 0) is 25.1 Å². The second-order valence-corrected chi connectivity index (χ2v) is 5.07. The molecule has 0 bridgehead atoms. The van der Waals surface area contributed by atoms with Crippen molar-refractivity contribution in [1.29, 1.82) is 0 Å². The minimum absolute atomic E-state index is 0.256. The van der Waals surface area contributed by atoms with E-state index in [9.17, 15) is 5.11 Å². The van der Waals surface area contributed by atoms with E-state index in [0.29, 0.717) is 17.3 Å². The summed E-state index contributed by atoms with van der Waals surface area (Å²) >= 11 is 5.96. The molecule has 0 fully saturated rings. The molecule has 0 aromatic heterocycles. The first-order valence-corrected chi connectivity index (χ1v) is 7.38. The summed E-state index contributed by atoms with van der Waals surface area (Å²) in [6.07, 6.45) is 4.41. The van der Waals surface area contributed by atoms with Crippen molar-refractivity contribution in [2.75, 3.05) is 19.7 Å². The van der Waals surface area contributed by atoms with Crippen molar-refractivity contribution >= 4 is 11.6 Å². The number of ether oxygens (including phenoxy) is 1. The Hall–Kier alpha value is -0.770. The highest BCUT2D eigenvalue weighted by Gasteiger charge is 2.06. The van der Waals surface area contributed by atoms with Crippen LogP contribution in [-0.2, 0) is 0 Å². The van der Waals surface area contributed by atoms with Crippen molar-refractivity contribution < 1.29 is 9.84 Å². The van der Waals surface area contributed by atoms with Crippen LogP contribution < -0.4 is 10.1 Å². The summed E-state index contributed by atoms with van der Waals surface area (Å²) in [7, 11) is 0. The molecule has 0 saturated carbocycles. The average Bonchev–Trinajstić information content (AvgIpc) is 2.42. The Kier molecular flexibility index (Phi) is 8.63. The van der Waals surface area contributed by atoms with Gasteiger partial charge in [0.1, 0.15) is 18.5 Å². The van der Waals surface area contributed by atoms with Crippen LogP contribution in [0.3, 0.4) is 0 Å². The number of hydrogen-bond donors (Lipinski definition) is 2. The van der Waals surface area contributed by atoms with Crippen molar-refractivity contribution in [3.05, 3.63) is 29.3 Å². The predicted molar refractivity (Wildman–Crippen MR) is 80.0 cm³/mol. The molecule has 108 valence electrons. The van der Waals surface area contributed by atoms with E-state index in [1.165, 1.54) is 19.3 Å². The first-order chi connectivity index (χ1) is 9.24. The smallest absolute Gasteiger partial charge is 0.138 e. The molecule has 0 aliphatic heterocycles. The maximum Gasteiger partial charge on any atom is 0.138 e. The van der Waals surface area contributed by atoms with E-state index in [4.69, 9.17) is 16.3 Å². The Morgan fingerprint density at radius 1 is 1.26 bits per heavy atom. The van der Waals surface area contributed by atoms with Crippen LogP contribution >= 0.6 is 11.6 Å². The van der Waals surface area contributed by atoms with Gasteiger partial charge in [0.25, 0.3) is 0 Å². The van der Waals surface area contributed by atoms with Crippen LogP contribution in [0.2, 0.25) is 5.02 Å². The number of para-hydroxylation sites is 1. The van der Waals surface area contributed by atoms with Crippen molar-refractivity contribution in [2.45, 2.75) is 38.7 Å². The summed E-state index contributed by atoms with van der Waals surface area (Å²) in [6, 6.07) is 7.28. The predicted octanol–water partition coefficient (Wildman–Crippen LogP) is 3.25. The molecule has 0 heterocycles. The lowest BCUT2D eigenvalue weighted by atomic mass is 10.2. The van der Waals surface area contributed by atoms with Crippen LogP contribution in [0.25, 0.3) is 0 Å². The van der Waals surface area contributed by atoms with Crippen molar-refractivity contribution in [3.8, 4) is 5.75 Å². The van der Waals surface area contributed by atoms with E-state index < -0.39 is 6.10 Å². The maximum absolute atomic E-state index is 9.77. The van der Waals surface area contributed by atoms with E-state index in [1.54, 1.807) is 12.1 Å². The van der Waals surface area contributed by atoms with Gasteiger partial charge in [0.2, 0.25) is 0 Å². The van der Waals surface area contributed by atoms with Crippen molar-refractivity contribution in [1.82, 2.24) is 5.32 Å². The zero-order valence-electron chi connectivity index (χ0n) is 11.6. The van der Waals surface area contributed by atoms with Gasteiger partial charge in [0.15, 0.2) is 0 Å². The van der Waals surface area contributed by atoms with Crippen LogP contribution in [0.15, 0.2) is 24.3 Å². The third kappa shape index (κ3) is 7.41.